The van der Waals surface area contributed by atoms with Crippen molar-refractivity contribution in [2.24, 2.45) is 0 Å². The van der Waals surface area contributed by atoms with Crippen molar-refractivity contribution in [3.63, 3.8) is 0 Å². The summed E-state index contributed by atoms with van der Waals surface area (Å²) in [5, 5.41) is 2.73. The van der Waals surface area contributed by atoms with Gasteiger partial charge in [0.1, 0.15) is 5.82 Å². The molecule has 0 atom stereocenters. The largest absolute Gasteiger partial charge is 0.522 e. The summed E-state index contributed by atoms with van der Waals surface area (Å²) in [6, 6.07) is 2.76. The van der Waals surface area contributed by atoms with Crippen LogP contribution in [0.25, 0.3) is 0 Å². The lowest BCUT2D eigenvalue weighted by Crippen LogP contribution is -2.19. The highest BCUT2D eigenvalue weighted by molar-refractivity contribution is 9.10. The van der Waals surface area contributed by atoms with E-state index in [1.165, 1.54) is 12.1 Å². The Balaban J connectivity index is 2.50. The second-order valence-electron chi connectivity index (χ2n) is 3.30. The van der Waals surface area contributed by atoms with Crippen LogP contribution < -0.4 is 5.32 Å². The lowest BCUT2D eigenvalue weighted by Gasteiger charge is -2.11. The van der Waals surface area contributed by atoms with Crippen molar-refractivity contribution in [3.05, 3.63) is 28.0 Å². The maximum atomic E-state index is 13.1. The second kappa shape index (κ2) is 5.68. The first kappa shape index (κ1) is 14.2. The molecular weight excluding hydrogens is 306 g/mol. The molecule has 1 aromatic rings. The number of halogens is 5. The summed E-state index contributed by atoms with van der Waals surface area (Å²) in [5.74, 6) is -0.417. The van der Waals surface area contributed by atoms with Crippen LogP contribution in [0.3, 0.4) is 0 Å². The molecule has 0 radical (unpaired) electrons. The van der Waals surface area contributed by atoms with Gasteiger partial charge in [-0.1, -0.05) is 0 Å². The molecule has 0 saturated heterocycles. The van der Waals surface area contributed by atoms with E-state index in [4.69, 9.17) is 0 Å². The van der Waals surface area contributed by atoms with E-state index in [9.17, 15) is 17.6 Å². The van der Waals surface area contributed by atoms with E-state index in [2.05, 4.69) is 26.0 Å². The number of nitrogens with one attached hydrogen (secondary N) is 1. The third kappa shape index (κ3) is 4.91. The zero-order valence-electron chi connectivity index (χ0n) is 8.87. The van der Waals surface area contributed by atoms with Crippen molar-refractivity contribution >= 4 is 21.6 Å². The maximum absolute atomic E-state index is 13.1. The summed E-state index contributed by atoms with van der Waals surface area (Å²) in [6.07, 6.45) is -4.62. The lowest BCUT2D eigenvalue weighted by atomic mass is 10.2. The average Bonchev–Trinajstić information content (AvgIpc) is 2.18. The van der Waals surface area contributed by atoms with Crippen molar-refractivity contribution < 1.29 is 22.3 Å². The standard InChI is InChI=1S/C10H10BrF4NO/c1-6-4-8(12)7(11)5-9(6)16-2-3-17-10(13,14)15/h4-5,16H,2-3H2,1H3. The number of anilines is 1. The predicted molar refractivity (Wildman–Crippen MR) is 59.3 cm³/mol. The molecule has 0 aliphatic heterocycles. The molecule has 2 nitrogen and oxygen atoms in total. The molecule has 0 aromatic heterocycles. The Kier molecular flexibility index (Phi) is 4.76. The minimum absolute atomic E-state index is 0.0155. The van der Waals surface area contributed by atoms with Gasteiger partial charge in [0.25, 0.3) is 0 Å². The molecule has 0 unspecified atom stereocenters. The Bertz CT molecular complexity index is 395. The van der Waals surface area contributed by atoms with Crippen molar-refractivity contribution in [3.8, 4) is 0 Å². The molecule has 96 valence electrons. The molecule has 0 spiro atoms. The molecule has 7 heteroatoms. The van der Waals surface area contributed by atoms with Crippen LogP contribution in [0, 0.1) is 12.7 Å². The van der Waals surface area contributed by atoms with E-state index in [1.807, 2.05) is 0 Å². The smallest absolute Gasteiger partial charge is 0.382 e. The van der Waals surface area contributed by atoms with Gasteiger partial charge in [-0.25, -0.2) is 4.39 Å². The first-order chi connectivity index (χ1) is 7.79. The molecule has 0 amide bonds. The highest BCUT2D eigenvalue weighted by Crippen LogP contribution is 2.24. The summed E-state index contributed by atoms with van der Waals surface area (Å²) in [5.41, 5.74) is 1.17. The SMILES string of the molecule is Cc1cc(F)c(Br)cc1NCCOC(F)(F)F. The van der Waals surface area contributed by atoms with Crippen molar-refractivity contribution in [1.82, 2.24) is 0 Å². The number of rotatable bonds is 4. The first-order valence-corrected chi connectivity index (χ1v) is 5.49. The van der Waals surface area contributed by atoms with E-state index >= 15 is 0 Å². The van der Waals surface area contributed by atoms with Gasteiger partial charge in [-0.2, -0.15) is 0 Å². The molecule has 0 heterocycles. The van der Waals surface area contributed by atoms with Gasteiger partial charge in [-0.3, -0.25) is 4.74 Å². The highest BCUT2D eigenvalue weighted by atomic mass is 79.9. The van der Waals surface area contributed by atoms with Crippen LogP contribution in [0.2, 0.25) is 0 Å². The van der Waals surface area contributed by atoms with Crippen LogP contribution in [0.5, 0.6) is 0 Å². The zero-order valence-corrected chi connectivity index (χ0v) is 10.5. The van der Waals surface area contributed by atoms with Crippen LogP contribution >= 0.6 is 15.9 Å². The third-order valence-electron chi connectivity index (χ3n) is 1.95. The van der Waals surface area contributed by atoms with E-state index in [1.54, 1.807) is 6.92 Å². The Morgan fingerprint density at radius 2 is 2.00 bits per heavy atom. The first-order valence-electron chi connectivity index (χ1n) is 4.70. The summed E-state index contributed by atoms with van der Waals surface area (Å²) in [6.45, 7) is 1.14. The van der Waals surface area contributed by atoms with Gasteiger partial charge in [0.15, 0.2) is 0 Å². The number of aryl methyl sites for hydroxylation is 1. The van der Waals surface area contributed by atoms with Crippen molar-refractivity contribution in [2.75, 3.05) is 18.5 Å². The minimum atomic E-state index is -4.62. The highest BCUT2D eigenvalue weighted by Gasteiger charge is 2.28. The Hall–Kier alpha value is -0.820. The van der Waals surface area contributed by atoms with Gasteiger partial charge < -0.3 is 5.32 Å². The van der Waals surface area contributed by atoms with Gasteiger partial charge in [-0.15, -0.1) is 13.2 Å². The monoisotopic (exact) mass is 315 g/mol. The molecule has 1 rings (SSSR count). The van der Waals surface area contributed by atoms with Gasteiger partial charge in [0.2, 0.25) is 0 Å². The minimum Gasteiger partial charge on any atom is -0.382 e. The fraction of sp³-hybridized carbons (Fsp3) is 0.400. The Morgan fingerprint density at radius 3 is 2.59 bits per heavy atom. The van der Waals surface area contributed by atoms with Gasteiger partial charge in [0.05, 0.1) is 11.1 Å². The van der Waals surface area contributed by atoms with Crippen LogP contribution in [0.1, 0.15) is 5.56 Å². The van der Waals surface area contributed by atoms with Gasteiger partial charge in [-0.05, 0) is 40.5 Å². The molecule has 0 bridgehead atoms. The van der Waals surface area contributed by atoms with Gasteiger partial charge in [0, 0.05) is 12.2 Å². The Labute approximate surface area is 104 Å². The molecule has 0 aliphatic carbocycles. The van der Waals surface area contributed by atoms with Crippen LogP contribution in [-0.4, -0.2) is 19.5 Å². The van der Waals surface area contributed by atoms with Gasteiger partial charge >= 0.3 is 6.36 Å². The summed E-state index contributed by atoms with van der Waals surface area (Å²) in [7, 11) is 0. The average molecular weight is 316 g/mol. The summed E-state index contributed by atoms with van der Waals surface area (Å²) in [4.78, 5) is 0. The van der Waals surface area contributed by atoms with Crippen molar-refractivity contribution in [1.29, 1.82) is 0 Å². The molecule has 1 aromatic carbocycles. The lowest BCUT2D eigenvalue weighted by molar-refractivity contribution is -0.322. The number of hydrogen-bond donors (Lipinski definition) is 1. The molecule has 0 fully saturated rings. The zero-order chi connectivity index (χ0) is 13.1. The molecule has 17 heavy (non-hydrogen) atoms. The van der Waals surface area contributed by atoms with E-state index in [0.717, 1.165) is 0 Å². The normalized spacial score (nSPS) is 11.6. The number of benzene rings is 1. The van der Waals surface area contributed by atoms with Crippen LogP contribution in [0.15, 0.2) is 16.6 Å². The topological polar surface area (TPSA) is 21.3 Å². The quantitative estimate of drug-likeness (QED) is 0.673. The summed E-state index contributed by atoms with van der Waals surface area (Å²) >= 11 is 2.99. The third-order valence-corrected chi connectivity index (χ3v) is 2.56. The molecule has 0 saturated carbocycles. The van der Waals surface area contributed by atoms with E-state index < -0.39 is 18.8 Å². The predicted octanol–water partition coefficient (Wildman–Crippen LogP) is 3.84. The van der Waals surface area contributed by atoms with E-state index in [0.29, 0.717) is 11.3 Å². The molecular formula is C10H10BrF4NO. The van der Waals surface area contributed by atoms with E-state index in [-0.39, 0.29) is 11.0 Å². The Morgan fingerprint density at radius 1 is 1.35 bits per heavy atom. The number of alkyl halides is 3. The van der Waals surface area contributed by atoms with Crippen LogP contribution in [0.4, 0.5) is 23.2 Å². The van der Waals surface area contributed by atoms with Crippen LogP contribution in [-0.2, 0) is 4.74 Å². The fourth-order valence-electron chi connectivity index (χ4n) is 1.19. The van der Waals surface area contributed by atoms with Crippen molar-refractivity contribution in [2.45, 2.75) is 13.3 Å². The summed E-state index contributed by atoms with van der Waals surface area (Å²) < 4.78 is 51.9. The number of ether oxygens (including phenoxy) is 1. The number of hydrogen-bond acceptors (Lipinski definition) is 2. The maximum Gasteiger partial charge on any atom is 0.522 e. The fourth-order valence-corrected chi connectivity index (χ4v) is 1.53. The second-order valence-corrected chi connectivity index (χ2v) is 4.16. The molecule has 0 aliphatic rings. The molecule has 1 N–H and O–H groups in total.